The van der Waals surface area contributed by atoms with Gasteiger partial charge in [-0.15, -0.1) is 0 Å². The minimum atomic E-state index is -0.898. The van der Waals surface area contributed by atoms with Crippen LogP contribution >= 0.6 is 0 Å². The number of Topliss-reactive ketones (excluding diaryl/α,β-unsaturated/α-hetero) is 1. The van der Waals surface area contributed by atoms with Gasteiger partial charge in [0.05, 0.1) is 6.10 Å². The highest BCUT2D eigenvalue weighted by Crippen LogP contribution is 2.18. The molecule has 1 aliphatic heterocycles. The first kappa shape index (κ1) is 14.1. The Kier molecular flexibility index (Phi) is 5.02. The Labute approximate surface area is 111 Å². The van der Waals surface area contributed by atoms with Crippen molar-refractivity contribution in [2.24, 2.45) is 0 Å². The normalized spacial score (nSPS) is 18.7. The van der Waals surface area contributed by atoms with Gasteiger partial charge in [-0.1, -0.05) is 6.07 Å². The maximum absolute atomic E-state index is 13.0. The third-order valence-electron chi connectivity index (χ3n) is 3.39. The molecule has 0 aliphatic carbocycles. The van der Waals surface area contributed by atoms with Gasteiger partial charge < -0.3 is 4.74 Å². The maximum Gasteiger partial charge on any atom is 0.159 e. The molecule has 1 heterocycles. The Morgan fingerprint density at radius 3 is 2.84 bits per heavy atom. The number of halogens is 2. The molecule has 1 aliphatic rings. The van der Waals surface area contributed by atoms with Crippen LogP contribution < -0.4 is 0 Å². The number of ether oxygens (including phenoxy) is 1. The molecular weight excluding hydrogens is 250 g/mol. The standard InChI is InChI=1S/C15H18F2O2/c16-14-7-6-11(10-15(14)17)9-12(18)3-1-4-13-5-2-8-19-13/h6-7,10,13H,1-5,8-9H2. The molecule has 1 atom stereocenters. The van der Waals surface area contributed by atoms with Gasteiger partial charge >= 0.3 is 0 Å². The van der Waals surface area contributed by atoms with Crippen molar-refractivity contribution in [3.63, 3.8) is 0 Å². The van der Waals surface area contributed by atoms with Crippen LogP contribution in [0.5, 0.6) is 0 Å². The van der Waals surface area contributed by atoms with Crippen LogP contribution in [0.15, 0.2) is 18.2 Å². The fourth-order valence-corrected chi connectivity index (χ4v) is 2.36. The van der Waals surface area contributed by atoms with Gasteiger partial charge in [0, 0.05) is 19.4 Å². The summed E-state index contributed by atoms with van der Waals surface area (Å²) in [6.45, 7) is 0.827. The Hall–Kier alpha value is -1.29. The summed E-state index contributed by atoms with van der Waals surface area (Å²) < 4.78 is 31.2. The van der Waals surface area contributed by atoms with Gasteiger partial charge in [0.1, 0.15) is 5.78 Å². The second kappa shape index (κ2) is 6.75. The summed E-state index contributed by atoms with van der Waals surface area (Å²) >= 11 is 0. The molecule has 104 valence electrons. The van der Waals surface area contributed by atoms with E-state index in [1.165, 1.54) is 6.07 Å². The van der Waals surface area contributed by atoms with Gasteiger partial charge in [-0.3, -0.25) is 4.79 Å². The Balaban J connectivity index is 1.72. The molecule has 0 spiro atoms. The smallest absolute Gasteiger partial charge is 0.159 e. The Bertz CT molecular complexity index is 440. The molecule has 4 heteroatoms. The lowest BCUT2D eigenvalue weighted by atomic mass is 10.0. The number of benzene rings is 1. The summed E-state index contributed by atoms with van der Waals surface area (Å²) in [7, 11) is 0. The monoisotopic (exact) mass is 268 g/mol. The number of carbonyl (C=O) groups is 1. The zero-order valence-corrected chi connectivity index (χ0v) is 10.8. The van der Waals surface area contributed by atoms with E-state index >= 15 is 0 Å². The highest BCUT2D eigenvalue weighted by atomic mass is 19.2. The highest BCUT2D eigenvalue weighted by Gasteiger charge is 2.15. The molecule has 0 bridgehead atoms. The van der Waals surface area contributed by atoms with Crippen LogP contribution in [0.4, 0.5) is 8.78 Å². The minimum absolute atomic E-state index is 0.0593. The molecule has 0 radical (unpaired) electrons. The lowest BCUT2D eigenvalue weighted by Crippen LogP contribution is -2.08. The molecule has 1 aromatic rings. The number of ketones is 1. The van der Waals surface area contributed by atoms with Crippen LogP contribution in [0.2, 0.25) is 0 Å². The van der Waals surface area contributed by atoms with E-state index in [9.17, 15) is 13.6 Å². The highest BCUT2D eigenvalue weighted by molar-refractivity contribution is 5.80. The predicted molar refractivity (Wildman–Crippen MR) is 67.9 cm³/mol. The van der Waals surface area contributed by atoms with Gasteiger partial charge in [-0.05, 0) is 43.4 Å². The average molecular weight is 268 g/mol. The third-order valence-corrected chi connectivity index (χ3v) is 3.39. The molecule has 0 saturated carbocycles. The summed E-state index contributed by atoms with van der Waals surface area (Å²) in [5, 5.41) is 0. The molecular formula is C15H18F2O2. The second-order valence-electron chi connectivity index (χ2n) is 4.99. The third kappa shape index (κ3) is 4.39. The molecule has 0 amide bonds. The molecule has 2 nitrogen and oxygen atoms in total. The molecule has 1 aromatic carbocycles. The van der Waals surface area contributed by atoms with E-state index in [0.717, 1.165) is 44.4 Å². The number of rotatable bonds is 6. The Morgan fingerprint density at radius 2 is 2.16 bits per heavy atom. The van der Waals surface area contributed by atoms with Crippen LogP contribution in [0, 0.1) is 11.6 Å². The van der Waals surface area contributed by atoms with Crippen molar-refractivity contribution in [3.8, 4) is 0 Å². The van der Waals surface area contributed by atoms with E-state index < -0.39 is 11.6 Å². The van der Waals surface area contributed by atoms with Crippen LogP contribution in [0.25, 0.3) is 0 Å². The zero-order chi connectivity index (χ0) is 13.7. The molecule has 1 unspecified atom stereocenters. The zero-order valence-electron chi connectivity index (χ0n) is 10.8. The lowest BCUT2D eigenvalue weighted by Gasteiger charge is -2.08. The maximum atomic E-state index is 13.0. The van der Waals surface area contributed by atoms with E-state index in [0.29, 0.717) is 18.1 Å². The van der Waals surface area contributed by atoms with Crippen LogP contribution in [-0.2, 0) is 16.0 Å². The van der Waals surface area contributed by atoms with Crippen LogP contribution in [-0.4, -0.2) is 18.5 Å². The quantitative estimate of drug-likeness (QED) is 0.790. The number of carbonyl (C=O) groups excluding carboxylic acids is 1. The van der Waals surface area contributed by atoms with E-state index in [-0.39, 0.29) is 12.2 Å². The largest absolute Gasteiger partial charge is 0.378 e. The SMILES string of the molecule is O=C(CCCC1CCCO1)Cc1ccc(F)c(F)c1. The summed E-state index contributed by atoms with van der Waals surface area (Å²) in [4.78, 5) is 11.7. The van der Waals surface area contributed by atoms with Gasteiger partial charge in [-0.25, -0.2) is 8.78 Å². The summed E-state index contributed by atoms with van der Waals surface area (Å²) in [5.74, 6) is -1.72. The first-order valence-electron chi connectivity index (χ1n) is 6.72. The van der Waals surface area contributed by atoms with E-state index in [2.05, 4.69) is 0 Å². The number of hydrogen-bond acceptors (Lipinski definition) is 2. The number of hydrogen-bond donors (Lipinski definition) is 0. The van der Waals surface area contributed by atoms with Crippen molar-refractivity contribution in [1.82, 2.24) is 0 Å². The van der Waals surface area contributed by atoms with Crippen molar-refractivity contribution in [3.05, 3.63) is 35.4 Å². The predicted octanol–water partition coefficient (Wildman–Crippen LogP) is 3.43. The molecule has 0 N–H and O–H groups in total. The summed E-state index contributed by atoms with van der Waals surface area (Å²) in [6, 6.07) is 3.61. The van der Waals surface area contributed by atoms with Gasteiger partial charge in [-0.2, -0.15) is 0 Å². The fraction of sp³-hybridized carbons (Fsp3) is 0.533. The van der Waals surface area contributed by atoms with Crippen LogP contribution in [0.3, 0.4) is 0 Å². The van der Waals surface area contributed by atoms with Crippen molar-refractivity contribution >= 4 is 5.78 Å². The van der Waals surface area contributed by atoms with E-state index in [4.69, 9.17) is 4.74 Å². The van der Waals surface area contributed by atoms with Crippen LogP contribution in [0.1, 0.15) is 37.7 Å². The average Bonchev–Trinajstić information content (AvgIpc) is 2.87. The fourth-order valence-electron chi connectivity index (χ4n) is 2.36. The van der Waals surface area contributed by atoms with Crippen molar-refractivity contribution in [1.29, 1.82) is 0 Å². The molecule has 2 rings (SSSR count). The van der Waals surface area contributed by atoms with Crippen molar-refractivity contribution in [2.45, 2.75) is 44.6 Å². The van der Waals surface area contributed by atoms with Gasteiger partial charge in [0.25, 0.3) is 0 Å². The van der Waals surface area contributed by atoms with Gasteiger partial charge in [0.2, 0.25) is 0 Å². The van der Waals surface area contributed by atoms with Gasteiger partial charge in [0.15, 0.2) is 11.6 Å². The van der Waals surface area contributed by atoms with E-state index in [1.807, 2.05) is 0 Å². The molecule has 19 heavy (non-hydrogen) atoms. The molecule has 1 saturated heterocycles. The Morgan fingerprint density at radius 1 is 1.32 bits per heavy atom. The van der Waals surface area contributed by atoms with Crippen molar-refractivity contribution < 1.29 is 18.3 Å². The summed E-state index contributed by atoms with van der Waals surface area (Å²) in [5.41, 5.74) is 0.529. The minimum Gasteiger partial charge on any atom is -0.378 e. The molecule has 1 fully saturated rings. The van der Waals surface area contributed by atoms with E-state index in [1.54, 1.807) is 0 Å². The molecule has 0 aromatic heterocycles. The second-order valence-corrected chi connectivity index (χ2v) is 4.99. The first-order valence-corrected chi connectivity index (χ1v) is 6.72. The first-order chi connectivity index (χ1) is 9.15. The lowest BCUT2D eigenvalue weighted by molar-refractivity contribution is -0.118. The van der Waals surface area contributed by atoms with Crippen molar-refractivity contribution in [2.75, 3.05) is 6.61 Å². The topological polar surface area (TPSA) is 26.3 Å². The summed E-state index contributed by atoms with van der Waals surface area (Å²) in [6.07, 6.45) is 4.83.